The molecule has 1 aromatic carbocycles. The van der Waals surface area contributed by atoms with E-state index in [2.05, 4.69) is 29.7 Å². The Morgan fingerprint density at radius 1 is 1.29 bits per heavy atom. The van der Waals surface area contributed by atoms with Crippen molar-refractivity contribution in [3.05, 3.63) is 54.0 Å². The molecule has 1 aliphatic rings. The molecule has 0 spiro atoms. The van der Waals surface area contributed by atoms with E-state index in [-0.39, 0.29) is 6.04 Å². The Hall–Kier alpha value is -2.47. The highest BCUT2D eigenvalue weighted by Crippen LogP contribution is 2.35. The van der Waals surface area contributed by atoms with E-state index in [1.54, 1.807) is 6.26 Å². The zero-order chi connectivity index (χ0) is 19.6. The quantitative estimate of drug-likeness (QED) is 0.373. The summed E-state index contributed by atoms with van der Waals surface area (Å²) in [5.41, 5.74) is 1.26. The predicted octanol–water partition coefficient (Wildman–Crippen LogP) is 3.35. The first kappa shape index (κ1) is 20.3. The number of aliphatic imine (C=N–C) groups is 1. The summed E-state index contributed by atoms with van der Waals surface area (Å²) in [7, 11) is 0. The van der Waals surface area contributed by atoms with Gasteiger partial charge in [-0.25, -0.2) is 0 Å². The molecule has 6 heteroatoms. The Morgan fingerprint density at radius 3 is 3.00 bits per heavy atom. The zero-order valence-corrected chi connectivity index (χ0v) is 16.8. The smallest absolute Gasteiger partial charge is 0.191 e. The average Bonchev–Trinajstić information content (AvgIpc) is 3.37. The highest BCUT2D eigenvalue weighted by atomic mass is 16.5. The number of nitrogens with zero attached hydrogens (tertiary/aromatic N) is 1. The third kappa shape index (κ3) is 5.76. The molecular weight excluding hydrogens is 354 g/mol. The molecule has 2 atom stereocenters. The molecule has 1 aromatic heterocycles. The lowest BCUT2D eigenvalue weighted by molar-refractivity contribution is 0.146. The third-order valence-electron chi connectivity index (χ3n) is 4.87. The molecule has 2 heterocycles. The molecular formula is C22H31N3O3. The van der Waals surface area contributed by atoms with Crippen molar-refractivity contribution < 1.29 is 13.9 Å². The monoisotopic (exact) mass is 385 g/mol. The van der Waals surface area contributed by atoms with Gasteiger partial charge in [0.1, 0.15) is 11.5 Å². The first-order chi connectivity index (χ1) is 13.8. The minimum absolute atomic E-state index is 0.199. The second-order valence-corrected chi connectivity index (χ2v) is 6.93. The summed E-state index contributed by atoms with van der Waals surface area (Å²) in [6.07, 6.45) is 3.43. The summed E-state index contributed by atoms with van der Waals surface area (Å²) < 4.78 is 16.7. The number of rotatable bonds is 10. The topological polar surface area (TPSA) is 68.0 Å². The van der Waals surface area contributed by atoms with Crippen LogP contribution in [0, 0.1) is 0 Å². The van der Waals surface area contributed by atoms with E-state index in [0.717, 1.165) is 56.6 Å². The summed E-state index contributed by atoms with van der Waals surface area (Å²) in [6.45, 7) is 7.84. The Labute approximate surface area is 167 Å². The van der Waals surface area contributed by atoms with Gasteiger partial charge in [-0.2, -0.15) is 0 Å². The standard InChI is InChI=1S/C22H31N3O3/c1-3-26-14-7-12-23-22(24-13-11-18-8-6-15-27-18)25-17(2)20-16-28-21-10-5-4-9-19(20)21/h4-6,8-10,15,17,20H,3,7,11-14,16H2,1-2H3,(H2,23,24,25). The van der Waals surface area contributed by atoms with Gasteiger partial charge in [-0.15, -0.1) is 0 Å². The largest absolute Gasteiger partial charge is 0.493 e. The highest BCUT2D eigenvalue weighted by molar-refractivity contribution is 5.80. The van der Waals surface area contributed by atoms with Crippen molar-refractivity contribution in [2.45, 2.75) is 38.6 Å². The van der Waals surface area contributed by atoms with Gasteiger partial charge in [0, 0.05) is 50.2 Å². The van der Waals surface area contributed by atoms with E-state index >= 15 is 0 Å². The number of hydrogen-bond acceptors (Lipinski definition) is 4. The molecule has 0 fully saturated rings. The van der Waals surface area contributed by atoms with Crippen LogP contribution in [0.4, 0.5) is 0 Å². The van der Waals surface area contributed by atoms with Crippen LogP contribution in [0.5, 0.6) is 5.75 Å². The van der Waals surface area contributed by atoms with Crippen LogP contribution in [-0.4, -0.2) is 44.9 Å². The number of guanidine groups is 1. The predicted molar refractivity (Wildman–Crippen MR) is 111 cm³/mol. The van der Waals surface area contributed by atoms with E-state index in [1.165, 1.54) is 5.56 Å². The van der Waals surface area contributed by atoms with E-state index in [9.17, 15) is 0 Å². The van der Waals surface area contributed by atoms with Gasteiger partial charge in [-0.05, 0) is 38.5 Å². The lowest BCUT2D eigenvalue weighted by Crippen LogP contribution is -2.45. The minimum Gasteiger partial charge on any atom is -0.493 e. The van der Waals surface area contributed by atoms with Gasteiger partial charge in [-0.3, -0.25) is 4.99 Å². The number of ether oxygens (including phenoxy) is 2. The normalized spacial score (nSPS) is 17.1. The van der Waals surface area contributed by atoms with Gasteiger partial charge in [0.25, 0.3) is 0 Å². The number of furan rings is 1. The number of benzene rings is 1. The molecule has 0 bridgehead atoms. The molecule has 0 aliphatic carbocycles. The van der Waals surface area contributed by atoms with Crippen LogP contribution in [0.25, 0.3) is 0 Å². The van der Waals surface area contributed by atoms with Crippen LogP contribution in [0.2, 0.25) is 0 Å². The summed E-state index contributed by atoms with van der Waals surface area (Å²) in [4.78, 5) is 4.72. The molecule has 2 aromatic rings. The summed E-state index contributed by atoms with van der Waals surface area (Å²) in [6, 6.07) is 12.4. The fourth-order valence-corrected chi connectivity index (χ4v) is 3.33. The fourth-order valence-electron chi connectivity index (χ4n) is 3.33. The Morgan fingerprint density at radius 2 is 2.18 bits per heavy atom. The molecule has 152 valence electrons. The van der Waals surface area contributed by atoms with Gasteiger partial charge < -0.3 is 24.5 Å². The minimum atomic E-state index is 0.199. The van der Waals surface area contributed by atoms with Gasteiger partial charge in [0.2, 0.25) is 0 Å². The second kappa shape index (κ2) is 10.8. The van der Waals surface area contributed by atoms with E-state index in [0.29, 0.717) is 12.5 Å². The first-order valence-corrected chi connectivity index (χ1v) is 10.1. The Bertz CT molecular complexity index is 730. The van der Waals surface area contributed by atoms with Crippen molar-refractivity contribution in [3.8, 4) is 5.75 Å². The van der Waals surface area contributed by atoms with E-state index < -0.39 is 0 Å². The fraction of sp³-hybridized carbons (Fsp3) is 0.500. The molecule has 28 heavy (non-hydrogen) atoms. The summed E-state index contributed by atoms with van der Waals surface area (Å²) in [5.74, 6) is 3.08. The zero-order valence-electron chi connectivity index (χ0n) is 16.8. The van der Waals surface area contributed by atoms with Gasteiger partial charge in [0.15, 0.2) is 5.96 Å². The number of fused-ring (bicyclic) bond motifs is 1. The Kier molecular flexibility index (Phi) is 7.79. The van der Waals surface area contributed by atoms with E-state index in [1.807, 2.05) is 31.2 Å². The van der Waals surface area contributed by atoms with E-state index in [4.69, 9.17) is 18.9 Å². The molecule has 1 aliphatic heterocycles. The van der Waals surface area contributed by atoms with Crippen molar-refractivity contribution in [2.24, 2.45) is 4.99 Å². The molecule has 0 amide bonds. The van der Waals surface area contributed by atoms with Gasteiger partial charge in [-0.1, -0.05) is 18.2 Å². The molecule has 2 unspecified atom stereocenters. The average molecular weight is 386 g/mol. The molecule has 0 radical (unpaired) electrons. The number of hydrogen-bond donors (Lipinski definition) is 2. The van der Waals surface area contributed by atoms with Gasteiger partial charge >= 0.3 is 0 Å². The summed E-state index contributed by atoms with van der Waals surface area (Å²) >= 11 is 0. The van der Waals surface area contributed by atoms with Crippen molar-refractivity contribution in [1.82, 2.24) is 10.6 Å². The molecule has 3 rings (SSSR count). The first-order valence-electron chi connectivity index (χ1n) is 10.1. The SMILES string of the molecule is CCOCCCN=C(NCCc1ccco1)NC(C)C1COc2ccccc21. The molecule has 2 N–H and O–H groups in total. The lowest BCUT2D eigenvalue weighted by Gasteiger charge is -2.23. The van der Waals surface area contributed by atoms with Crippen LogP contribution in [0.15, 0.2) is 52.1 Å². The Balaban J connectivity index is 1.56. The highest BCUT2D eigenvalue weighted by Gasteiger charge is 2.29. The maximum absolute atomic E-state index is 5.84. The number of nitrogens with one attached hydrogen (secondary N) is 2. The van der Waals surface area contributed by atoms with Crippen LogP contribution >= 0.6 is 0 Å². The van der Waals surface area contributed by atoms with Gasteiger partial charge in [0.05, 0.1) is 12.9 Å². The molecule has 6 nitrogen and oxygen atoms in total. The van der Waals surface area contributed by atoms with Crippen LogP contribution < -0.4 is 15.4 Å². The van der Waals surface area contributed by atoms with Crippen LogP contribution in [-0.2, 0) is 11.2 Å². The lowest BCUT2D eigenvalue weighted by atomic mass is 9.94. The van der Waals surface area contributed by atoms with Crippen molar-refractivity contribution >= 4 is 5.96 Å². The maximum Gasteiger partial charge on any atom is 0.191 e. The molecule has 0 saturated carbocycles. The van der Waals surface area contributed by atoms with Crippen molar-refractivity contribution in [3.63, 3.8) is 0 Å². The molecule has 0 saturated heterocycles. The van der Waals surface area contributed by atoms with Crippen LogP contribution in [0.3, 0.4) is 0 Å². The third-order valence-corrected chi connectivity index (χ3v) is 4.87. The maximum atomic E-state index is 5.84. The summed E-state index contributed by atoms with van der Waals surface area (Å²) in [5, 5.41) is 6.98. The number of para-hydroxylation sites is 1. The van der Waals surface area contributed by atoms with Crippen LogP contribution in [0.1, 0.15) is 37.5 Å². The second-order valence-electron chi connectivity index (χ2n) is 6.93. The van der Waals surface area contributed by atoms with Crippen molar-refractivity contribution in [1.29, 1.82) is 0 Å². The van der Waals surface area contributed by atoms with Crippen molar-refractivity contribution in [2.75, 3.05) is 32.9 Å².